The Balaban J connectivity index is 0.00000625. The average Bonchev–Trinajstić information content (AvgIpc) is 2.44. The minimum Gasteiger partial charge on any atom is -0.350 e. The molecule has 2 atom stereocenters. The molecule has 0 saturated heterocycles. The molecule has 0 aromatic heterocycles. The standard InChI is InChI=1S/C18H27F2N3O2.ClH/c1-11(2)9-18(4,10-21)23-17(25)8-16(22-12(3)24)14-6-5-13(19)7-15(14)20;/h5-7,11,16H,8-10,21H2,1-4H3,(H,22,24)(H,23,25);1H. The highest BCUT2D eigenvalue weighted by Gasteiger charge is 2.28. The van der Waals surface area contributed by atoms with Crippen LogP contribution in [0, 0.1) is 17.6 Å². The van der Waals surface area contributed by atoms with Gasteiger partial charge in [-0.05, 0) is 25.3 Å². The maximum Gasteiger partial charge on any atom is 0.222 e. The van der Waals surface area contributed by atoms with Crippen molar-refractivity contribution in [2.75, 3.05) is 6.54 Å². The number of nitrogens with two attached hydrogens (primary N) is 1. The molecule has 0 aliphatic rings. The van der Waals surface area contributed by atoms with Gasteiger partial charge < -0.3 is 16.4 Å². The summed E-state index contributed by atoms with van der Waals surface area (Å²) in [7, 11) is 0. The van der Waals surface area contributed by atoms with Gasteiger partial charge in [-0.2, -0.15) is 0 Å². The van der Waals surface area contributed by atoms with Gasteiger partial charge in [-0.25, -0.2) is 8.78 Å². The third-order valence-corrected chi connectivity index (χ3v) is 3.86. The summed E-state index contributed by atoms with van der Waals surface area (Å²) in [5.74, 6) is -1.98. The molecule has 1 aromatic carbocycles. The van der Waals surface area contributed by atoms with E-state index in [1.165, 1.54) is 13.0 Å². The third-order valence-electron chi connectivity index (χ3n) is 3.86. The highest BCUT2D eigenvalue weighted by Crippen LogP contribution is 2.22. The van der Waals surface area contributed by atoms with Crippen molar-refractivity contribution in [3.05, 3.63) is 35.4 Å². The molecule has 0 aliphatic heterocycles. The van der Waals surface area contributed by atoms with E-state index in [1.54, 1.807) is 0 Å². The van der Waals surface area contributed by atoms with E-state index in [2.05, 4.69) is 10.6 Å². The van der Waals surface area contributed by atoms with E-state index in [4.69, 9.17) is 5.73 Å². The Labute approximate surface area is 159 Å². The molecule has 2 amide bonds. The summed E-state index contributed by atoms with van der Waals surface area (Å²) >= 11 is 0. The Bertz CT molecular complexity index is 628. The number of benzene rings is 1. The van der Waals surface area contributed by atoms with Crippen LogP contribution in [0.1, 0.15) is 52.1 Å². The summed E-state index contributed by atoms with van der Waals surface area (Å²) in [5, 5.41) is 5.41. The predicted molar refractivity (Wildman–Crippen MR) is 99.8 cm³/mol. The largest absolute Gasteiger partial charge is 0.350 e. The van der Waals surface area contributed by atoms with E-state index >= 15 is 0 Å². The van der Waals surface area contributed by atoms with Crippen LogP contribution in [0.3, 0.4) is 0 Å². The first-order valence-electron chi connectivity index (χ1n) is 8.29. The lowest BCUT2D eigenvalue weighted by atomic mass is 9.90. The number of hydrogen-bond donors (Lipinski definition) is 3. The molecular formula is C18H28ClF2N3O2. The third kappa shape index (κ3) is 7.66. The Morgan fingerprint density at radius 3 is 2.35 bits per heavy atom. The molecule has 8 heteroatoms. The highest BCUT2D eigenvalue weighted by atomic mass is 35.5. The van der Waals surface area contributed by atoms with Crippen molar-refractivity contribution in [1.29, 1.82) is 0 Å². The number of hydrogen-bond acceptors (Lipinski definition) is 3. The van der Waals surface area contributed by atoms with Gasteiger partial charge in [-0.15, -0.1) is 12.4 Å². The van der Waals surface area contributed by atoms with Gasteiger partial charge in [0.2, 0.25) is 11.8 Å². The predicted octanol–water partition coefficient (Wildman–Crippen LogP) is 2.83. The first-order valence-corrected chi connectivity index (χ1v) is 8.29. The van der Waals surface area contributed by atoms with Crippen molar-refractivity contribution in [2.45, 2.75) is 52.1 Å². The zero-order valence-corrected chi connectivity index (χ0v) is 16.4. The van der Waals surface area contributed by atoms with Crippen LogP contribution in [0.2, 0.25) is 0 Å². The SMILES string of the molecule is CC(=O)NC(CC(=O)NC(C)(CN)CC(C)C)c1ccc(F)cc1F.Cl. The molecule has 26 heavy (non-hydrogen) atoms. The average molecular weight is 392 g/mol. The quantitative estimate of drug-likeness (QED) is 0.637. The minimum absolute atomic E-state index is 0. The summed E-state index contributed by atoms with van der Waals surface area (Å²) in [6, 6.07) is 2.16. The Morgan fingerprint density at radius 1 is 1.27 bits per heavy atom. The van der Waals surface area contributed by atoms with Gasteiger partial charge >= 0.3 is 0 Å². The smallest absolute Gasteiger partial charge is 0.222 e. The maximum absolute atomic E-state index is 14.0. The first-order chi connectivity index (χ1) is 11.6. The van der Waals surface area contributed by atoms with Crippen molar-refractivity contribution in [1.82, 2.24) is 10.6 Å². The monoisotopic (exact) mass is 391 g/mol. The van der Waals surface area contributed by atoms with Gasteiger partial charge in [-0.3, -0.25) is 9.59 Å². The molecule has 0 fully saturated rings. The van der Waals surface area contributed by atoms with Crippen LogP contribution in [0.25, 0.3) is 0 Å². The lowest BCUT2D eigenvalue weighted by Gasteiger charge is -2.32. The molecule has 2 unspecified atom stereocenters. The molecule has 148 valence electrons. The van der Waals surface area contributed by atoms with Gasteiger partial charge in [0.15, 0.2) is 0 Å². The minimum atomic E-state index is -0.890. The number of amides is 2. The van der Waals surface area contributed by atoms with Crippen LogP contribution < -0.4 is 16.4 Å². The zero-order valence-electron chi connectivity index (χ0n) is 15.6. The summed E-state index contributed by atoms with van der Waals surface area (Å²) in [4.78, 5) is 23.8. The number of carbonyl (C=O) groups is 2. The Kier molecular flexibility index (Phi) is 9.73. The summed E-state index contributed by atoms with van der Waals surface area (Å²) in [6.07, 6.45) is 0.515. The van der Waals surface area contributed by atoms with E-state index in [0.717, 1.165) is 12.1 Å². The van der Waals surface area contributed by atoms with E-state index in [9.17, 15) is 18.4 Å². The highest BCUT2D eigenvalue weighted by molar-refractivity contribution is 5.85. The second-order valence-corrected chi connectivity index (χ2v) is 7.03. The molecule has 0 heterocycles. The second-order valence-electron chi connectivity index (χ2n) is 7.03. The van der Waals surface area contributed by atoms with Crippen LogP contribution >= 0.6 is 12.4 Å². The summed E-state index contributed by atoms with van der Waals surface area (Å²) in [6.45, 7) is 7.42. The fraction of sp³-hybridized carbons (Fsp3) is 0.556. The number of nitrogens with one attached hydrogen (secondary N) is 2. The molecule has 0 radical (unpaired) electrons. The van der Waals surface area contributed by atoms with Gasteiger partial charge in [0.1, 0.15) is 11.6 Å². The van der Waals surface area contributed by atoms with Crippen LogP contribution in [0.5, 0.6) is 0 Å². The molecular weight excluding hydrogens is 364 g/mol. The fourth-order valence-electron chi connectivity index (χ4n) is 2.93. The number of halogens is 3. The topological polar surface area (TPSA) is 84.2 Å². The van der Waals surface area contributed by atoms with Gasteiger partial charge in [0, 0.05) is 30.6 Å². The molecule has 0 spiro atoms. The Morgan fingerprint density at radius 2 is 1.88 bits per heavy atom. The van der Waals surface area contributed by atoms with Crippen molar-refractivity contribution in [3.63, 3.8) is 0 Å². The molecule has 0 aliphatic carbocycles. The van der Waals surface area contributed by atoms with Gasteiger partial charge in [0.05, 0.1) is 12.5 Å². The molecule has 1 aromatic rings. The lowest BCUT2D eigenvalue weighted by Crippen LogP contribution is -2.52. The van der Waals surface area contributed by atoms with E-state index in [0.29, 0.717) is 12.3 Å². The number of rotatable bonds is 8. The lowest BCUT2D eigenvalue weighted by molar-refractivity contribution is -0.124. The molecule has 4 N–H and O–H groups in total. The molecule has 5 nitrogen and oxygen atoms in total. The van der Waals surface area contributed by atoms with Crippen molar-refractivity contribution in [2.24, 2.45) is 11.7 Å². The summed E-state index contributed by atoms with van der Waals surface area (Å²) < 4.78 is 27.1. The van der Waals surface area contributed by atoms with E-state index < -0.39 is 29.1 Å². The number of carbonyl (C=O) groups excluding carboxylic acids is 2. The van der Waals surface area contributed by atoms with E-state index in [1.807, 2.05) is 20.8 Å². The van der Waals surface area contributed by atoms with Crippen LogP contribution in [0.4, 0.5) is 8.78 Å². The van der Waals surface area contributed by atoms with Gasteiger partial charge in [-0.1, -0.05) is 19.9 Å². The van der Waals surface area contributed by atoms with Crippen LogP contribution in [-0.2, 0) is 9.59 Å². The first kappa shape index (κ1) is 24.3. The molecule has 1 rings (SSSR count). The molecule has 0 bridgehead atoms. The second kappa shape index (κ2) is 10.4. The van der Waals surface area contributed by atoms with Crippen LogP contribution in [-0.4, -0.2) is 23.9 Å². The van der Waals surface area contributed by atoms with Crippen molar-refractivity contribution in [3.8, 4) is 0 Å². The maximum atomic E-state index is 14.0. The van der Waals surface area contributed by atoms with Gasteiger partial charge in [0.25, 0.3) is 0 Å². The van der Waals surface area contributed by atoms with Crippen LogP contribution in [0.15, 0.2) is 18.2 Å². The fourth-order valence-corrected chi connectivity index (χ4v) is 2.93. The Hall–Kier alpha value is -1.73. The zero-order chi connectivity index (χ0) is 19.2. The van der Waals surface area contributed by atoms with Crippen molar-refractivity contribution < 1.29 is 18.4 Å². The van der Waals surface area contributed by atoms with E-state index in [-0.39, 0.29) is 36.8 Å². The normalized spacial score (nSPS) is 14.2. The van der Waals surface area contributed by atoms with Crippen molar-refractivity contribution >= 4 is 24.2 Å². The summed E-state index contributed by atoms with van der Waals surface area (Å²) in [5.41, 5.74) is 5.25. The molecule has 0 saturated carbocycles.